The van der Waals surface area contributed by atoms with Gasteiger partial charge in [0.05, 0.1) is 4.90 Å². The van der Waals surface area contributed by atoms with Crippen molar-refractivity contribution in [2.24, 2.45) is 7.05 Å². The average Bonchev–Trinajstić information content (AvgIpc) is 3.28. The molecule has 1 aliphatic heterocycles. The lowest BCUT2D eigenvalue weighted by atomic mass is 10.1. The molecule has 1 atom stereocenters. The second-order valence-corrected chi connectivity index (χ2v) is 10.4. The van der Waals surface area contributed by atoms with Gasteiger partial charge in [-0.2, -0.15) is 4.31 Å². The van der Waals surface area contributed by atoms with E-state index in [1.807, 2.05) is 48.1 Å². The lowest BCUT2D eigenvalue weighted by molar-refractivity contribution is -0.121. The van der Waals surface area contributed by atoms with Crippen LogP contribution < -0.4 is 5.32 Å². The van der Waals surface area contributed by atoms with Crippen LogP contribution >= 0.6 is 0 Å². The minimum Gasteiger partial charge on any atom is -0.342 e. The standard InChI is InChI=1S/C25H30N4O3S/c1-28-19-16-26-25(28)24(21-8-4-2-5-9-21)27-23(30)15-12-20-10-13-22(14-11-20)33(31,32)29-17-6-3-7-18-29/h2,4-5,8-11,13-14,16,19,24H,3,6-7,12,15,17-18H2,1H3,(H,27,30). The van der Waals surface area contributed by atoms with E-state index in [9.17, 15) is 13.2 Å². The molecule has 2 aromatic carbocycles. The van der Waals surface area contributed by atoms with Crippen molar-refractivity contribution in [3.05, 3.63) is 83.9 Å². The minimum absolute atomic E-state index is 0.0862. The molecular formula is C25H30N4O3S. The maximum Gasteiger partial charge on any atom is 0.243 e. The summed E-state index contributed by atoms with van der Waals surface area (Å²) >= 11 is 0. The predicted octanol–water partition coefficient (Wildman–Crippen LogP) is 3.43. The Morgan fingerprint density at radius 3 is 2.36 bits per heavy atom. The number of aromatic nitrogens is 2. The quantitative estimate of drug-likeness (QED) is 0.551. The number of imidazole rings is 1. The molecule has 0 aliphatic carbocycles. The first-order valence-electron chi connectivity index (χ1n) is 11.4. The van der Waals surface area contributed by atoms with Crippen molar-refractivity contribution in [2.45, 2.75) is 43.0 Å². The van der Waals surface area contributed by atoms with Gasteiger partial charge < -0.3 is 9.88 Å². The number of rotatable bonds is 8. The van der Waals surface area contributed by atoms with Crippen molar-refractivity contribution < 1.29 is 13.2 Å². The molecular weight excluding hydrogens is 436 g/mol. The number of piperidine rings is 1. The number of hydrogen-bond donors (Lipinski definition) is 1. The Labute approximate surface area is 195 Å². The van der Waals surface area contributed by atoms with Gasteiger partial charge in [0.2, 0.25) is 15.9 Å². The van der Waals surface area contributed by atoms with Crippen molar-refractivity contribution >= 4 is 15.9 Å². The van der Waals surface area contributed by atoms with Crippen LogP contribution in [0.15, 0.2) is 71.9 Å². The monoisotopic (exact) mass is 466 g/mol. The largest absolute Gasteiger partial charge is 0.342 e. The molecule has 8 heteroatoms. The molecule has 0 radical (unpaired) electrons. The summed E-state index contributed by atoms with van der Waals surface area (Å²) in [6.07, 6.45) is 7.30. The van der Waals surface area contributed by atoms with Gasteiger partial charge >= 0.3 is 0 Å². The fourth-order valence-electron chi connectivity index (χ4n) is 4.17. The number of carbonyl (C=O) groups is 1. The molecule has 33 heavy (non-hydrogen) atoms. The molecule has 174 valence electrons. The van der Waals surface area contributed by atoms with Crippen LogP contribution in [0, 0.1) is 0 Å². The van der Waals surface area contributed by atoms with Crippen molar-refractivity contribution in [3.8, 4) is 0 Å². The Bertz CT molecular complexity index is 1170. The third-order valence-electron chi connectivity index (χ3n) is 6.07. The van der Waals surface area contributed by atoms with Gasteiger partial charge in [-0.15, -0.1) is 0 Å². The number of nitrogens with zero attached hydrogens (tertiary/aromatic N) is 3. The highest BCUT2D eigenvalue weighted by Gasteiger charge is 2.26. The van der Waals surface area contributed by atoms with Gasteiger partial charge in [0.15, 0.2) is 0 Å². The maximum atomic E-state index is 12.8. The van der Waals surface area contributed by atoms with Gasteiger partial charge in [-0.3, -0.25) is 4.79 Å². The van der Waals surface area contributed by atoms with Crippen LogP contribution in [-0.2, 0) is 28.3 Å². The van der Waals surface area contributed by atoms with E-state index in [1.165, 1.54) is 0 Å². The van der Waals surface area contributed by atoms with E-state index in [0.717, 1.165) is 36.2 Å². The Balaban J connectivity index is 1.39. The van der Waals surface area contributed by atoms with Crippen LogP contribution in [0.25, 0.3) is 0 Å². The molecule has 1 amide bonds. The molecule has 1 N–H and O–H groups in total. The summed E-state index contributed by atoms with van der Waals surface area (Å²) < 4.78 is 29.1. The lowest BCUT2D eigenvalue weighted by Gasteiger charge is -2.25. The zero-order valence-electron chi connectivity index (χ0n) is 18.9. The molecule has 1 unspecified atom stereocenters. The molecule has 2 heterocycles. The molecule has 1 aromatic heterocycles. The molecule has 0 saturated carbocycles. The van der Waals surface area contributed by atoms with Crippen LogP contribution in [-0.4, -0.2) is 41.3 Å². The number of carbonyl (C=O) groups excluding carboxylic acids is 1. The van der Waals surface area contributed by atoms with Crippen LogP contribution in [0.5, 0.6) is 0 Å². The summed E-state index contributed by atoms with van der Waals surface area (Å²) in [6, 6.07) is 16.3. The highest BCUT2D eigenvalue weighted by atomic mass is 32.2. The maximum absolute atomic E-state index is 12.8. The summed E-state index contributed by atoms with van der Waals surface area (Å²) in [5.74, 6) is 0.679. The molecule has 4 rings (SSSR count). The summed E-state index contributed by atoms with van der Waals surface area (Å²) in [5.41, 5.74) is 1.89. The van der Waals surface area contributed by atoms with E-state index in [1.54, 1.807) is 34.8 Å². The number of nitrogens with one attached hydrogen (secondary N) is 1. The van der Waals surface area contributed by atoms with E-state index < -0.39 is 10.0 Å². The predicted molar refractivity (Wildman–Crippen MR) is 127 cm³/mol. The number of sulfonamides is 1. The van der Waals surface area contributed by atoms with Crippen LogP contribution in [0.3, 0.4) is 0 Å². The van der Waals surface area contributed by atoms with Gasteiger partial charge in [-0.05, 0) is 42.5 Å². The van der Waals surface area contributed by atoms with Crippen LogP contribution in [0.2, 0.25) is 0 Å². The van der Waals surface area contributed by atoms with Crippen molar-refractivity contribution in [1.29, 1.82) is 0 Å². The Morgan fingerprint density at radius 2 is 1.73 bits per heavy atom. The number of amides is 1. The van der Waals surface area contributed by atoms with Crippen LogP contribution in [0.1, 0.15) is 48.7 Å². The van der Waals surface area contributed by atoms with E-state index >= 15 is 0 Å². The Kier molecular flexibility index (Phi) is 7.25. The second-order valence-electron chi connectivity index (χ2n) is 8.42. The molecule has 0 bridgehead atoms. The lowest BCUT2D eigenvalue weighted by Crippen LogP contribution is -2.35. The normalized spacial score (nSPS) is 15.8. The fourth-order valence-corrected chi connectivity index (χ4v) is 5.69. The first-order valence-corrected chi connectivity index (χ1v) is 12.8. The van der Waals surface area contributed by atoms with Gasteiger partial charge in [-0.1, -0.05) is 48.9 Å². The second kappa shape index (κ2) is 10.3. The van der Waals surface area contributed by atoms with Gasteiger partial charge in [0.25, 0.3) is 0 Å². The minimum atomic E-state index is -3.44. The van der Waals surface area contributed by atoms with E-state index in [2.05, 4.69) is 10.3 Å². The topological polar surface area (TPSA) is 84.3 Å². The van der Waals surface area contributed by atoms with Crippen molar-refractivity contribution in [1.82, 2.24) is 19.2 Å². The SMILES string of the molecule is Cn1ccnc1C(NC(=O)CCc1ccc(S(=O)(=O)N2CCCCC2)cc1)c1ccccc1. The van der Waals surface area contributed by atoms with Crippen molar-refractivity contribution in [2.75, 3.05) is 13.1 Å². The van der Waals surface area contributed by atoms with E-state index in [0.29, 0.717) is 30.8 Å². The number of hydrogen-bond acceptors (Lipinski definition) is 4. The van der Waals surface area contributed by atoms with Crippen LogP contribution in [0.4, 0.5) is 0 Å². The number of aryl methyl sites for hydroxylation is 2. The van der Waals surface area contributed by atoms with E-state index in [-0.39, 0.29) is 11.9 Å². The zero-order valence-corrected chi connectivity index (χ0v) is 19.7. The molecule has 1 saturated heterocycles. The summed E-state index contributed by atoms with van der Waals surface area (Å²) in [6.45, 7) is 1.17. The fraction of sp³-hybridized carbons (Fsp3) is 0.360. The van der Waals surface area contributed by atoms with Gasteiger partial charge in [0, 0.05) is 39.0 Å². The molecule has 1 fully saturated rings. The summed E-state index contributed by atoms with van der Waals surface area (Å²) in [5, 5.41) is 3.10. The number of benzene rings is 2. The Hall–Kier alpha value is -2.97. The molecule has 1 aliphatic rings. The first kappa shape index (κ1) is 23.2. The smallest absolute Gasteiger partial charge is 0.243 e. The summed E-state index contributed by atoms with van der Waals surface area (Å²) in [4.78, 5) is 17.5. The molecule has 0 spiro atoms. The highest BCUT2D eigenvalue weighted by molar-refractivity contribution is 7.89. The Morgan fingerprint density at radius 1 is 1.03 bits per heavy atom. The van der Waals surface area contributed by atoms with Gasteiger partial charge in [0.1, 0.15) is 11.9 Å². The van der Waals surface area contributed by atoms with E-state index in [4.69, 9.17) is 0 Å². The molecule has 3 aromatic rings. The first-order chi connectivity index (χ1) is 15.9. The van der Waals surface area contributed by atoms with Crippen molar-refractivity contribution in [3.63, 3.8) is 0 Å². The third-order valence-corrected chi connectivity index (χ3v) is 7.98. The third kappa shape index (κ3) is 5.51. The highest BCUT2D eigenvalue weighted by Crippen LogP contribution is 2.22. The zero-order chi connectivity index (χ0) is 23.3. The summed E-state index contributed by atoms with van der Waals surface area (Å²) in [7, 11) is -1.53. The molecule has 7 nitrogen and oxygen atoms in total. The van der Waals surface area contributed by atoms with Gasteiger partial charge in [-0.25, -0.2) is 13.4 Å². The average molecular weight is 467 g/mol.